The van der Waals surface area contributed by atoms with E-state index in [4.69, 9.17) is 0 Å². The monoisotopic (exact) mass is 448 g/mol. The highest BCUT2D eigenvalue weighted by Crippen LogP contribution is 2.36. The van der Waals surface area contributed by atoms with Crippen molar-refractivity contribution in [3.63, 3.8) is 0 Å². The van der Waals surface area contributed by atoms with Gasteiger partial charge in [0.05, 0.1) is 17.1 Å². The lowest BCUT2D eigenvalue weighted by atomic mass is 9.92. The van der Waals surface area contributed by atoms with Crippen LogP contribution in [0.4, 0.5) is 13.2 Å². The minimum absolute atomic E-state index is 0.0738. The predicted molar refractivity (Wildman–Crippen MR) is 107 cm³/mol. The minimum Gasteiger partial charge on any atom is -0.337 e. The molecule has 0 bridgehead atoms. The number of halogens is 3. The first kappa shape index (κ1) is 21.7. The average molecular weight is 448 g/mol. The van der Waals surface area contributed by atoms with Gasteiger partial charge in [-0.1, -0.05) is 0 Å². The van der Waals surface area contributed by atoms with E-state index in [1.807, 2.05) is 0 Å². The third-order valence-corrected chi connectivity index (χ3v) is 5.64. The first-order valence-electron chi connectivity index (χ1n) is 9.82. The Morgan fingerprint density at radius 3 is 2.56 bits per heavy atom. The Kier molecular flexibility index (Phi) is 5.31. The number of aryl methyl sites for hydroxylation is 1. The highest BCUT2D eigenvalue weighted by Gasteiger charge is 2.37. The zero-order chi connectivity index (χ0) is 23.2. The van der Waals surface area contributed by atoms with Gasteiger partial charge >= 0.3 is 11.9 Å². The molecule has 1 atom stereocenters. The van der Waals surface area contributed by atoms with Gasteiger partial charge in [-0.2, -0.15) is 13.2 Å². The van der Waals surface area contributed by atoms with Crippen LogP contribution in [-0.4, -0.2) is 48.0 Å². The fourth-order valence-electron chi connectivity index (χ4n) is 3.98. The van der Waals surface area contributed by atoms with Gasteiger partial charge in [0, 0.05) is 51.2 Å². The van der Waals surface area contributed by atoms with Crippen LogP contribution in [0, 0.1) is 0 Å². The zero-order valence-electron chi connectivity index (χ0n) is 17.3. The van der Waals surface area contributed by atoms with Crippen molar-refractivity contribution in [2.45, 2.75) is 24.9 Å². The number of likely N-dealkylation sites (tertiary alicyclic amines) is 1. The molecule has 1 aliphatic rings. The Morgan fingerprint density at radius 2 is 1.91 bits per heavy atom. The second kappa shape index (κ2) is 7.84. The molecule has 0 radical (unpaired) electrons. The molecular weight excluding hydrogens is 429 g/mol. The number of hydrogen-bond acceptors (Lipinski definition) is 6. The van der Waals surface area contributed by atoms with Gasteiger partial charge in [0.2, 0.25) is 0 Å². The molecule has 0 N–H and O–H groups in total. The molecule has 0 aromatic carbocycles. The van der Waals surface area contributed by atoms with E-state index >= 15 is 0 Å². The fourth-order valence-corrected chi connectivity index (χ4v) is 3.98. The Balaban J connectivity index is 1.82. The van der Waals surface area contributed by atoms with Crippen molar-refractivity contribution in [3.05, 3.63) is 62.4 Å². The van der Waals surface area contributed by atoms with Crippen molar-refractivity contribution in [2.24, 2.45) is 14.1 Å². The van der Waals surface area contributed by atoms with E-state index < -0.39 is 34.3 Å². The largest absolute Gasteiger partial charge is 0.417 e. The van der Waals surface area contributed by atoms with Crippen molar-refractivity contribution in [2.75, 3.05) is 13.1 Å². The molecule has 1 amide bonds. The number of carbonyl (C=O) groups excluding carboxylic acids is 1. The van der Waals surface area contributed by atoms with Crippen LogP contribution in [0.15, 0.2) is 34.2 Å². The molecule has 3 aromatic heterocycles. The zero-order valence-corrected chi connectivity index (χ0v) is 17.3. The van der Waals surface area contributed by atoms with Crippen LogP contribution < -0.4 is 11.2 Å². The quantitative estimate of drug-likeness (QED) is 0.588. The van der Waals surface area contributed by atoms with E-state index in [2.05, 4.69) is 15.0 Å². The molecule has 32 heavy (non-hydrogen) atoms. The number of alkyl halides is 3. The highest BCUT2D eigenvalue weighted by molar-refractivity contribution is 5.92. The molecule has 3 aromatic rings. The summed E-state index contributed by atoms with van der Waals surface area (Å²) in [5, 5.41) is -0.658. The molecule has 0 unspecified atom stereocenters. The minimum atomic E-state index is -4.83. The third kappa shape index (κ3) is 3.65. The number of nitrogens with zero attached hydrogens (tertiary/aromatic N) is 6. The lowest BCUT2D eigenvalue weighted by Gasteiger charge is -2.32. The summed E-state index contributed by atoms with van der Waals surface area (Å²) in [6, 6.07) is 0.856. The molecule has 168 valence electrons. The lowest BCUT2D eigenvalue weighted by molar-refractivity contribution is -0.136. The standard InChI is InChI=1S/C20H19F3N6O3/c1-27-16-15(18(31)28(2)19(27)32)12(20(21,22)23)8-13(26-16)11-4-3-7-29(10-11)17(30)14-9-24-5-6-25-14/h5-6,8-9,11H,3-4,7,10H2,1-2H3/t11-/m1/s1. The number of rotatable bonds is 2. The van der Waals surface area contributed by atoms with Gasteiger partial charge in [-0.15, -0.1) is 0 Å². The third-order valence-electron chi connectivity index (χ3n) is 5.64. The smallest absolute Gasteiger partial charge is 0.337 e. The molecular formula is C20H19F3N6O3. The number of fused-ring (bicyclic) bond motifs is 1. The molecule has 1 aliphatic heterocycles. The van der Waals surface area contributed by atoms with Gasteiger partial charge in [-0.3, -0.25) is 23.7 Å². The number of carbonyl (C=O) groups is 1. The summed E-state index contributed by atoms with van der Waals surface area (Å²) in [6.45, 7) is 0.550. The van der Waals surface area contributed by atoms with Crippen molar-refractivity contribution in [1.82, 2.24) is 29.0 Å². The fraction of sp³-hybridized carbons (Fsp3) is 0.400. The van der Waals surface area contributed by atoms with Crippen LogP contribution >= 0.6 is 0 Å². The summed E-state index contributed by atoms with van der Waals surface area (Å²) in [5.41, 5.74) is -3.10. The second-order valence-corrected chi connectivity index (χ2v) is 7.68. The van der Waals surface area contributed by atoms with Crippen LogP contribution in [0.1, 0.15) is 40.5 Å². The Labute approximate surface area is 179 Å². The molecule has 0 aliphatic carbocycles. The lowest BCUT2D eigenvalue weighted by Crippen LogP contribution is -2.40. The van der Waals surface area contributed by atoms with Crippen molar-refractivity contribution in [1.29, 1.82) is 0 Å². The number of hydrogen-bond donors (Lipinski definition) is 0. The average Bonchev–Trinajstić information content (AvgIpc) is 2.80. The highest BCUT2D eigenvalue weighted by atomic mass is 19.4. The van der Waals surface area contributed by atoms with Crippen LogP contribution in [0.5, 0.6) is 0 Å². The SMILES string of the molecule is Cn1c(=O)c2c(C(F)(F)F)cc([C@@H]3CCCN(C(=O)c4cnccn4)C3)nc2n(C)c1=O. The van der Waals surface area contributed by atoms with Crippen molar-refractivity contribution >= 4 is 16.9 Å². The van der Waals surface area contributed by atoms with E-state index in [0.717, 1.165) is 17.7 Å². The Hall–Kier alpha value is -3.57. The maximum absolute atomic E-state index is 13.9. The van der Waals surface area contributed by atoms with Gasteiger partial charge in [-0.05, 0) is 18.9 Å². The summed E-state index contributed by atoms with van der Waals surface area (Å²) < 4.78 is 43.2. The molecule has 1 fully saturated rings. The van der Waals surface area contributed by atoms with E-state index in [0.29, 0.717) is 24.0 Å². The Morgan fingerprint density at radius 1 is 1.16 bits per heavy atom. The van der Waals surface area contributed by atoms with Crippen molar-refractivity contribution < 1.29 is 18.0 Å². The van der Waals surface area contributed by atoms with Crippen LogP contribution in [0.3, 0.4) is 0 Å². The predicted octanol–water partition coefficient (Wildman–Crippen LogP) is 1.46. The number of piperidine rings is 1. The van der Waals surface area contributed by atoms with Gasteiger partial charge < -0.3 is 4.90 Å². The van der Waals surface area contributed by atoms with E-state index in [-0.39, 0.29) is 29.5 Å². The van der Waals surface area contributed by atoms with Crippen LogP contribution in [-0.2, 0) is 20.3 Å². The molecule has 9 nitrogen and oxygen atoms in total. The molecule has 1 saturated heterocycles. The van der Waals surface area contributed by atoms with Gasteiger partial charge in [0.1, 0.15) is 11.3 Å². The summed E-state index contributed by atoms with van der Waals surface area (Å²) in [5.74, 6) is -0.880. The topological polar surface area (TPSA) is 103 Å². The molecule has 12 heteroatoms. The van der Waals surface area contributed by atoms with Crippen LogP contribution in [0.25, 0.3) is 11.0 Å². The molecule has 0 saturated carbocycles. The molecule has 4 rings (SSSR count). The summed E-state index contributed by atoms with van der Waals surface area (Å²) in [7, 11) is 2.39. The molecule has 4 heterocycles. The number of amides is 1. The Bertz CT molecular complexity index is 1320. The normalized spacial score (nSPS) is 17.0. The summed E-state index contributed by atoms with van der Waals surface area (Å²) in [6.07, 6.45) is 0.362. The van der Waals surface area contributed by atoms with E-state index in [9.17, 15) is 27.6 Å². The summed E-state index contributed by atoms with van der Waals surface area (Å²) >= 11 is 0. The maximum atomic E-state index is 13.9. The number of pyridine rings is 1. The van der Waals surface area contributed by atoms with Gasteiger partial charge in [-0.25, -0.2) is 14.8 Å². The summed E-state index contributed by atoms with van der Waals surface area (Å²) in [4.78, 5) is 51.2. The van der Waals surface area contributed by atoms with E-state index in [1.54, 1.807) is 0 Å². The van der Waals surface area contributed by atoms with Crippen LogP contribution in [0.2, 0.25) is 0 Å². The number of aromatic nitrogens is 5. The first-order chi connectivity index (χ1) is 15.1. The van der Waals surface area contributed by atoms with Crippen molar-refractivity contribution in [3.8, 4) is 0 Å². The second-order valence-electron chi connectivity index (χ2n) is 7.68. The first-order valence-corrected chi connectivity index (χ1v) is 9.82. The van der Waals surface area contributed by atoms with E-state index in [1.165, 1.54) is 30.5 Å². The maximum Gasteiger partial charge on any atom is 0.417 e. The van der Waals surface area contributed by atoms with Gasteiger partial charge in [0.15, 0.2) is 0 Å². The molecule has 0 spiro atoms. The van der Waals surface area contributed by atoms with Gasteiger partial charge in [0.25, 0.3) is 11.5 Å².